The predicted molar refractivity (Wildman–Crippen MR) is 158 cm³/mol. The highest BCUT2D eigenvalue weighted by atomic mass is 16.6. The van der Waals surface area contributed by atoms with Gasteiger partial charge in [-0.05, 0) is 68.7 Å². The predicted octanol–water partition coefficient (Wildman–Crippen LogP) is 1.93. The summed E-state index contributed by atoms with van der Waals surface area (Å²) in [6.07, 6.45) is 0. The monoisotopic (exact) mass is 672 g/mol. The van der Waals surface area contributed by atoms with Crippen molar-refractivity contribution in [3.05, 3.63) is 36.4 Å². The molecule has 252 valence electrons. The SMILES string of the molecule is O=C(O)COc1cc2c3cc(OCC(=O)O)c(OCC(=O)O)cc3c3cc(OCC(=O)O)c(OCC(=O)O)cc3c2cc1OCC(=O)O. The van der Waals surface area contributed by atoms with Crippen molar-refractivity contribution in [2.24, 2.45) is 0 Å². The molecular weight excluding hydrogens is 648 g/mol. The van der Waals surface area contributed by atoms with Gasteiger partial charge in [0, 0.05) is 0 Å². The molecule has 18 heteroatoms. The number of carbonyl (C=O) groups is 6. The molecule has 0 radical (unpaired) electrons. The van der Waals surface area contributed by atoms with E-state index in [0.29, 0.717) is 0 Å². The van der Waals surface area contributed by atoms with Crippen LogP contribution in [0.2, 0.25) is 0 Å². The first-order valence-electron chi connectivity index (χ1n) is 13.4. The normalized spacial score (nSPS) is 10.8. The maximum Gasteiger partial charge on any atom is 0.341 e. The first-order valence-corrected chi connectivity index (χ1v) is 13.4. The smallest absolute Gasteiger partial charge is 0.341 e. The van der Waals surface area contributed by atoms with Crippen molar-refractivity contribution in [2.75, 3.05) is 39.6 Å². The second-order valence-electron chi connectivity index (χ2n) is 9.63. The lowest BCUT2D eigenvalue weighted by Gasteiger charge is -2.19. The Morgan fingerprint density at radius 3 is 0.542 bits per heavy atom. The molecular formula is C30H24O18. The molecule has 4 aromatic carbocycles. The van der Waals surface area contributed by atoms with Crippen LogP contribution in [0.4, 0.5) is 0 Å². The third kappa shape index (κ3) is 8.30. The molecule has 0 aliphatic heterocycles. The van der Waals surface area contributed by atoms with E-state index in [4.69, 9.17) is 28.4 Å². The van der Waals surface area contributed by atoms with Crippen molar-refractivity contribution in [1.82, 2.24) is 0 Å². The summed E-state index contributed by atoms with van der Waals surface area (Å²) in [6.45, 7) is -5.18. The summed E-state index contributed by atoms with van der Waals surface area (Å²) in [5.74, 6) is -9.52. The molecule has 4 rings (SSSR count). The minimum atomic E-state index is -1.37. The van der Waals surface area contributed by atoms with Crippen LogP contribution >= 0.6 is 0 Å². The molecule has 48 heavy (non-hydrogen) atoms. The van der Waals surface area contributed by atoms with Crippen LogP contribution in [0.5, 0.6) is 34.5 Å². The van der Waals surface area contributed by atoms with Crippen molar-refractivity contribution >= 4 is 68.1 Å². The molecule has 0 bridgehead atoms. The highest BCUT2D eigenvalue weighted by Crippen LogP contribution is 2.47. The summed E-state index contributed by atoms with van der Waals surface area (Å²) >= 11 is 0. The molecule has 0 aromatic heterocycles. The number of ether oxygens (including phenoxy) is 6. The molecule has 0 saturated carbocycles. The maximum atomic E-state index is 11.3. The van der Waals surface area contributed by atoms with E-state index in [9.17, 15) is 59.4 Å². The second-order valence-corrected chi connectivity index (χ2v) is 9.63. The van der Waals surface area contributed by atoms with Crippen LogP contribution < -0.4 is 28.4 Å². The van der Waals surface area contributed by atoms with Crippen molar-refractivity contribution in [2.45, 2.75) is 0 Å². The lowest BCUT2D eigenvalue weighted by molar-refractivity contribution is -0.140. The zero-order valence-electron chi connectivity index (χ0n) is 24.3. The molecule has 0 aliphatic rings. The molecule has 0 atom stereocenters. The van der Waals surface area contributed by atoms with Crippen molar-refractivity contribution in [1.29, 1.82) is 0 Å². The number of aliphatic carboxylic acids is 6. The summed E-state index contributed by atoms with van der Waals surface area (Å²) in [5.41, 5.74) is 0. The maximum absolute atomic E-state index is 11.3. The standard InChI is InChI=1S/C30H24O18/c31-25(32)7-43-19-1-13-14(2-20(19)44-8-26(33)34)16-4-23(47-11-29(39)40)24(48-12-30(41)42)6-18(16)17-5-22(46-10-28(37)38)21(3-15(13)17)45-9-27(35)36/h1-6H,7-12H2,(H,31,32)(H,33,34)(H,35,36)(H,37,38)(H,39,40)(H,41,42). The fraction of sp³-hybridized carbons (Fsp3) is 0.200. The summed E-state index contributed by atoms with van der Waals surface area (Å²) < 4.78 is 32.3. The summed E-state index contributed by atoms with van der Waals surface area (Å²) in [6, 6.07) is 7.85. The van der Waals surface area contributed by atoms with Crippen LogP contribution in [0.15, 0.2) is 36.4 Å². The zero-order valence-corrected chi connectivity index (χ0v) is 24.3. The fourth-order valence-corrected chi connectivity index (χ4v) is 4.53. The highest BCUT2D eigenvalue weighted by Gasteiger charge is 2.22. The molecule has 4 aromatic rings. The summed E-state index contributed by atoms with van der Waals surface area (Å²) in [4.78, 5) is 67.9. The number of carboxylic acid groups (broad SMARTS) is 6. The number of rotatable bonds is 18. The van der Waals surface area contributed by atoms with Gasteiger partial charge in [0.2, 0.25) is 0 Å². The summed E-state index contributed by atoms with van der Waals surface area (Å²) in [5, 5.41) is 56.7. The molecule has 0 saturated heterocycles. The van der Waals surface area contributed by atoms with E-state index in [1.165, 1.54) is 36.4 Å². The van der Waals surface area contributed by atoms with E-state index < -0.39 is 75.5 Å². The van der Waals surface area contributed by atoms with E-state index >= 15 is 0 Å². The van der Waals surface area contributed by atoms with Gasteiger partial charge in [-0.3, -0.25) is 0 Å². The Bertz CT molecular complexity index is 1570. The molecule has 0 aliphatic carbocycles. The van der Waals surface area contributed by atoms with Gasteiger partial charge in [0.05, 0.1) is 0 Å². The lowest BCUT2D eigenvalue weighted by Crippen LogP contribution is -2.14. The molecule has 18 nitrogen and oxygen atoms in total. The Morgan fingerprint density at radius 1 is 0.312 bits per heavy atom. The van der Waals surface area contributed by atoms with Crippen molar-refractivity contribution in [3.8, 4) is 34.5 Å². The largest absolute Gasteiger partial charge is 0.479 e. The first kappa shape index (κ1) is 34.2. The van der Waals surface area contributed by atoms with E-state index in [0.717, 1.165) is 0 Å². The highest BCUT2D eigenvalue weighted by molar-refractivity contribution is 6.27. The number of hydrogen-bond acceptors (Lipinski definition) is 12. The van der Waals surface area contributed by atoms with E-state index in [1.807, 2.05) is 0 Å². The average molecular weight is 673 g/mol. The third-order valence-electron chi connectivity index (χ3n) is 6.23. The molecule has 0 heterocycles. The number of carboxylic acids is 6. The van der Waals surface area contributed by atoms with E-state index in [2.05, 4.69) is 0 Å². The van der Waals surface area contributed by atoms with E-state index in [1.54, 1.807) is 0 Å². The van der Waals surface area contributed by atoms with Gasteiger partial charge < -0.3 is 59.1 Å². The first-order chi connectivity index (χ1) is 22.7. The van der Waals surface area contributed by atoms with Gasteiger partial charge in [0.1, 0.15) is 0 Å². The van der Waals surface area contributed by atoms with Gasteiger partial charge in [-0.15, -0.1) is 0 Å². The average Bonchev–Trinajstić information content (AvgIpc) is 3.01. The molecule has 6 N–H and O–H groups in total. The Balaban J connectivity index is 2.16. The van der Waals surface area contributed by atoms with Crippen LogP contribution in [0.25, 0.3) is 32.3 Å². The minimum absolute atomic E-state index is 0.213. The Labute approximate surface area is 266 Å². The zero-order chi connectivity index (χ0) is 35.1. The molecule has 0 fully saturated rings. The third-order valence-corrected chi connectivity index (χ3v) is 6.23. The van der Waals surface area contributed by atoms with Crippen LogP contribution in [0.3, 0.4) is 0 Å². The van der Waals surface area contributed by atoms with Gasteiger partial charge in [-0.2, -0.15) is 0 Å². The topological polar surface area (TPSA) is 279 Å². The number of benzene rings is 4. The van der Waals surface area contributed by atoms with Crippen molar-refractivity contribution in [3.63, 3.8) is 0 Å². The molecule has 0 spiro atoms. The summed E-state index contributed by atoms with van der Waals surface area (Å²) in [7, 11) is 0. The van der Waals surface area contributed by atoms with Crippen molar-refractivity contribution < 1.29 is 87.8 Å². The van der Waals surface area contributed by atoms with Crippen LogP contribution in [0.1, 0.15) is 0 Å². The quantitative estimate of drug-likeness (QED) is 0.0823. The molecule has 0 amide bonds. The van der Waals surface area contributed by atoms with Gasteiger partial charge >= 0.3 is 35.8 Å². The Hall–Kier alpha value is -6.72. The van der Waals surface area contributed by atoms with Gasteiger partial charge in [-0.25, -0.2) is 28.8 Å². The fourth-order valence-electron chi connectivity index (χ4n) is 4.53. The van der Waals surface area contributed by atoms with Crippen LogP contribution in [-0.4, -0.2) is 106 Å². The Morgan fingerprint density at radius 2 is 0.438 bits per heavy atom. The lowest BCUT2D eigenvalue weighted by atomic mass is 9.93. The van der Waals surface area contributed by atoms with Gasteiger partial charge in [-0.1, -0.05) is 0 Å². The van der Waals surface area contributed by atoms with E-state index in [-0.39, 0.29) is 66.8 Å². The van der Waals surface area contributed by atoms with Crippen LogP contribution in [0, 0.1) is 0 Å². The van der Waals surface area contributed by atoms with Crippen LogP contribution in [-0.2, 0) is 28.8 Å². The van der Waals surface area contributed by atoms with Gasteiger partial charge in [0.25, 0.3) is 0 Å². The Kier molecular flexibility index (Phi) is 10.4. The second kappa shape index (κ2) is 14.6. The van der Waals surface area contributed by atoms with Gasteiger partial charge in [0.15, 0.2) is 74.1 Å². The number of hydrogen-bond donors (Lipinski definition) is 6. The number of fused-ring (bicyclic) bond motifs is 6. The molecule has 0 unspecified atom stereocenters. The minimum Gasteiger partial charge on any atom is -0.479 e.